The Morgan fingerprint density at radius 3 is 2.56 bits per heavy atom. The number of hydrogen-bond acceptors (Lipinski definition) is 2. The maximum atomic E-state index is 3.57. The minimum atomic E-state index is 0.760. The molecule has 1 saturated heterocycles. The molecule has 92 valence electrons. The molecular weight excluding hydrogens is 196 g/mol. The van der Waals surface area contributed by atoms with Gasteiger partial charge in [-0.15, -0.1) is 0 Å². The maximum absolute atomic E-state index is 3.57. The highest BCUT2D eigenvalue weighted by Gasteiger charge is 2.44. The van der Waals surface area contributed by atoms with Crippen LogP contribution in [0.5, 0.6) is 0 Å². The number of fused-ring (bicyclic) bond motifs is 2. The average molecular weight is 222 g/mol. The first kappa shape index (κ1) is 11.0. The number of piperidine rings is 1. The molecule has 5 unspecified atom stereocenters. The Labute approximate surface area is 99.8 Å². The van der Waals surface area contributed by atoms with Crippen molar-refractivity contribution in [3.8, 4) is 0 Å². The van der Waals surface area contributed by atoms with Crippen molar-refractivity contribution in [2.75, 3.05) is 13.6 Å². The van der Waals surface area contributed by atoms with E-state index in [1.165, 1.54) is 45.1 Å². The molecule has 0 radical (unpaired) electrons. The highest BCUT2D eigenvalue weighted by atomic mass is 15.2. The summed E-state index contributed by atoms with van der Waals surface area (Å²) >= 11 is 0. The van der Waals surface area contributed by atoms with Crippen LogP contribution in [0.1, 0.15) is 45.4 Å². The predicted octanol–water partition coefficient (Wildman–Crippen LogP) is 2.25. The Morgan fingerprint density at radius 2 is 1.94 bits per heavy atom. The number of nitrogens with one attached hydrogen (secondary N) is 1. The van der Waals surface area contributed by atoms with Crippen LogP contribution >= 0.6 is 0 Å². The average Bonchev–Trinajstić information content (AvgIpc) is 2.90. The molecule has 3 fully saturated rings. The third-order valence-corrected chi connectivity index (χ3v) is 5.33. The number of rotatable bonds is 2. The van der Waals surface area contributed by atoms with E-state index in [4.69, 9.17) is 0 Å². The monoisotopic (exact) mass is 222 g/mol. The second-order valence-corrected chi connectivity index (χ2v) is 6.41. The van der Waals surface area contributed by atoms with Crippen molar-refractivity contribution < 1.29 is 0 Å². The third-order valence-electron chi connectivity index (χ3n) is 5.33. The van der Waals surface area contributed by atoms with E-state index in [2.05, 4.69) is 24.2 Å². The molecule has 0 aromatic heterocycles. The molecular formula is C14H26N2. The summed E-state index contributed by atoms with van der Waals surface area (Å²) < 4.78 is 0. The van der Waals surface area contributed by atoms with Crippen molar-refractivity contribution in [2.24, 2.45) is 11.8 Å². The second kappa shape index (κ2) is 4.30. The summed E-state index contributed by atoms with van der Waals surface area (Å²) in [7, 11) is 2.15. The molecule has 2 heteroatoms. The van der Waals surface area contributed by atoms with Crippen LogP contribution in [0.15, 0.2) is 0 Å². The number of hydrogen-bond donors (Lipinski definition) is 1. The molecule has 3 rings (SSSR count). The van der Waals surface area contributed by atoms with E-state index in [-0.39, 0.29) is 0 Å². The minimum Gasteiger partial charge on any atom is -0.315 e. The zero-order valence-electron chi connectivity index (χ0n) is 10.8. The maximum Gasteiger partial charge on any atom is 0.0254 e. The number of likely N-dealkylation sites (tertiary alicyclic amines) is 1. The van der Waals surface area contributed by atoms with Gasteiger partial charge in [0.1, 0.15) is 0 Å². The van der Waals surface area contributed by atoms with E-state index in [1.54, 1.807) is 0 Å². The lowest BCUT2D eigenvalue weighted by atomic mass is 9.82. The summed E-state index contributed by atoms with van der Waals surface area (Å²) in [6.45, 7) is 3.84. The van der Waals surface area contributed by atoms with Crippen LogP contribution in [0, 0.1) is 11.8 Å². The predicted molar refractivity (Wildman–Crippen MR) is 67.5 cm³/mol. The van der Waals surface area contributed by atoms with E-state index in [9.17, 15) is 0 Å². The van der Waals surface area contributed by atoms with Crippen LogP contribution in [0.3, 0.4) is 0 Å². The first-order valence-electron chi connectivity index (χ1n) is 7.21. The molecule has 2 nitrogen and oxygen atoms in total. The van der Waals surface area contributed by atoms with Crippen LogP contribution in [-0.2, 0) is 0 Å². The van der Waals surface area contributed by atoms with Crippen molar-refractivity contribution in [2.45, 2.75) is 63.6 Å². The van der Waals surface area contributed by atoms with Crippen molar-refractivity contribution in [3.63, 3.8) is 0 Å². The van der Waals surface area contributed by atoms with E-state index in [0.717, 1.165) is 30.0 Å². The fourth-order valence-corrected chi connectivity index (χ4v) is 4.42. The Hall–Kier alpha value is -0.0800. The molecule has 0 aromatic carbocycles. The van der Waals surface area contributed by atoms with Crippen LogP contribution in [0.25, 0.3) is 0 Å². The van der Waals surface area contributed by atoms with Gasteiger partial charge in [-0.25, -0.2) is 0 Å². The molecule has 5 atom stereocenters. The summed E-state index contributed by atoms with van der Waals surface area (Å²) in [5.74, 6) is 1.98. The van der Waals surface area contributed by atoms with Gasteiger partial charge in [0, 0.05) is 24.7 Å². The molecule has 0 amide bonds. The lowest BCUT2D eigenvalue weighted by molar-refractivity contribution is 0.0764. The van der Waals surface area contributed by atoms with Gasteiger partial charge in [-0.3, -0.25) is 4.90 Å². The van der Waals surface area contributed by atoms with E-state index < -0.39 is 0 Å². The Bertz CT molecular complexity index is 253. The molecule has 0 spiro atoms. The van der Waals surface area contributed by atoms with Gasteiger partial charge in [0.15, 0.2) is 0 Å². The quantitative estimate of drug-likeness (QED) is 0.771. The van der Waals surface area contributed by atoms with E-state index in [0.29, 0.717) is 0 Å². The lowest BCUT2D eigenvalue weighted by Gasteiger charge is -2.44. The Kier molecular flexibility index (Phi) is 2.97. The summed E-state index contributed by atoms with van der Waals surface area (Å²) in [4.78, 5) is 2.87. The van der Waals surface area contributed by atoms with Crippen LogP contribution < -0.4 is 5.32 Å². The van der Waals surface area contributed by atoms with E-state index >= 15 is 0 Å². The molecule has 3 aliphatic rings. The van der Waals surface area contributed by atoms with Gasteiger partial charge in [-0.05, 0) is 57.4 Å². The molecule has 1 N–H and O–H groups in total. The summed E-state index contributed by atoms with van der Waals surface area (Å²) in [6.07, 6.45) is 8.72. The molecule has 16 heavy (non-hydrogen) atoms. The topological polar surface area (TPSA) is 15.3 Å². The van der Waals surface area contributed by atoms with Gasteiger partial charge in [0.05, 0.1) is 0 Å². The standard InChI is InChI=1S/C14H26N2/c1-10-3-6-13(15-2)14(7-10)16-9-11-4-5-12(16)8-11/h10-15H,3-9H2,1-2H3. The fourth-order valence-electron chi connectivity index (χ4n) is 4.42. The number of nitrogens with zero attached hydrogens (tertiary/aromatic N) is 1. The Morgan fingerprint density at radius 1 is 1.06 bits per heavy atom. The van der Waals surface area contributed by atoms with Gasteiger partial charge in [-0.2, -0.15) is 0 Å². The first-order valence-corrected chi connectivity index (χ1v) is 7.21. The summed E-state index contributed by atoms with van der Waals surface area (Å²) in [5, 5.41) is 3.57. The van der Waals surface area contributed by atoms with Crippen molar-refractivity contribution in [3.05, 3.63) is 0 Å². The van der Waals surface area contributed by atoms with Crippen molar-refractivity contribution >= 4 is 0 Å². The highest BCUT2D eigenvalue weighted by molar-refractivity contribution is 4.99. The third kappa shape index (κ3) is 1.80. The van der Waals surface area contributed by atoms with Crippen LogP contribution in [-0.4, -0.2) is 36.6 Å². The molecule has 2 bridgehead atoms. The van der Waals surface area contributed by atoms with Crippen LogP contribution in [0.2, 0.25) is 0 Å². The zero-order valence-corrected chi connectivity index (χ0v) is 10.8. The molecule has 2 saturated carbocycles. The van der Waals surface area contributed by atoms with Crippen LogP contribution in [0.4, 0.5) is 0 Å². The molecule has 1 heterocycles. The molecule has 0 aromatic rings. The first-order chi connectivity index (χ1) is 7.78. The fraction of sp³-hybridized carbons (Fsp3) is 1.00. The summed E-state index contributed by atoms with van der Waals surface area (Å²) in [6, 6.07) is 2.54. The highest BCUT2D eigenvalue weighted by Crippen LogP contribution is 2.41. The van der Waals surface area contributed by atoms with Gasteiger partial charge in [0.2, 0.25) is 0 Å². The lowest BCUT2D eigenvalue weighted by Crippen LogP contribution is -2.54. The SMILES string of the molecule is CNC1CCC(C)CC1N1CC2CCC1C2. The van der Waals surface area contributed by atoms with Gasteiger partial charge >= 0.3 is 0 Å². The molecule has 2 aliphatic carbocycles. The zero-order chi connectivity index (χ0) is 11.1. The number of likely N-dealkylation sites (N-methyl/N-ethyl adjacent to an activating group) is 1. The van der Waals surface area contributed by atoms with Crippen molar-refractivity contribution in [1.29, 1.82) is 0 Å². The van der Waals surface area contributed by atoms with Gasteiger partial charge < -0.3 is 5.32 Å². The molecule has 1 aliphatic heterocycles. The Balaban J connectivity index is 1.71. The van der Waals surface area contributed by atoms with E-state index in [1.807, 2.05) is 0 Å². The van der Waals surface area contributed by atoms with Crippen molar-refractivity contribution in [1.82, 2.24) is 10.2 Å². The van der Waals surface area contributed by atoms with Gasteiger partial charge in [0.25, 0.3) is 0 Å². The smallest absolute Gasteiger partial charge is 0.0254 e. The van der Waals surface area contributed by atoms with Gasteiger partial charge in [-0.1, -0.05) is 6.92 Å². The second-order valence-electron chi connectivity index (χ2n) is 6.41. The summed E-state index contributed by atoms with van der Waals surface area (Å²) in [5.41, 5.74) is 0. The largest absolute Gasteiger partial charge is 0.315 e. The minimum absolute atomic E-state index is 0.760. The normalized spacial score (nSPS) is 48.8.